The maximum absolute atomic E-state index is 12.8. The van der Waals surface area contributed by atoms with Crippen LogP contribution in [0.2, 0.25) is 0 Å². The Balaban J connectivity index is 0.00000280. The van der Waals surface area contributed by atoms with Crippen molar-refractivity contribution in [2.75, 3.05) is 19.6 Å². The number of amides is 3. The van der Waals surface area contributed by atoms with Crippen LogP contribution in [0.3, 0.4) is 0 Å². The van der Waals surface area contributed by atoms with Crippen LogP contribution in [0.5, 0.6) is 0 Å². The van der Waals surface area contributed by atoms with Gasteiger partial charge in [-0.3, -0.25) is 19.3 Å². The molecule has 0 aliphatic carbocycles. The predicted molar refractivity (Wildman–Crippen MR) is 112 cm³/mol. The summed E-state index contributed by atoms with van der Waals surface area (Å²) in [6, 6.07) is 11.2. The number of likely N-dealkylation sites (N-methyl/N-ethyl adjacent to an activating group) is 1. The average molecular weight is 404 g/mol. The first-order chi connectivity index (χ1) is 13.0. The Morgan fingerprint density at radius 2 is 1.68 bits per heavy atom. The molecule has 0 unspecified atom stereocenters. The van der Waals surface area contributed by atoms with Gasteiger partial charge in [-0.05, 0) is 37.4 Å². The van der Waals surface area contributed by atoms with Gasteiger partial charge in [0, 0.05) is 42.1 Å². The van der Waals surface area contributed by atoms with Gasteiger partial charge in [0.1, 0.15) is 0 Å². The van der Waals surface area contributed by atoms with Gasteiger partial charge in [0.05, 0.1) is 0 Å². The van der Waals surface area contributed by atoms with E-state index < -0.39 is 0 Å². The Bertz CT molecular complexity index is 834. The molecular formula is C21H26ClN3O3. The van der Waals surface area contributed by atoms with Crippen LogP contribution in [-0.4, -0.2) is 48.3 Å². The molecule has 1 atom stereocenters. The van der Waals surface area contributed by atoms with Crippen LogP contribution >= 0.6 is 12.4 Å². The summed E-state index contributed by atoms with van der Waals surface area (Å²) < 4.78 is 0. The lowest BCUT2D eigenvalue weighted by Crippen LogP contribution is -2.41. The lowest BCUT2D eigenvalue weighted by atomic mass is 9.94. The molecule has 0 saturated heterocycles. The topological polar surface area (TPSA) is 78.5 Å². The molecule has 0 radical (unpaired) electrons. The second-order valence-electron chi connectivity index (χ2n) is 6.84. The molecule has 3 rings (SSSR count). The Morgan fingerprint density at radius 3 is 2.25 bits per heavy atom. The molecule has 3 amide bonds. The zero-order chi connectivity index (χ0) is 19.4. The van der Waals surface area contributed by atoms with E-state index in [1.165, 1.54) is 4.90 Å². The van der Waals surface area contributed by atoms with Crippen LogP contribution < -0.4 is 10.6 Å². The highest BCUT2D eigenvalue weighted by atomic mass is 35.5. The fourth-order valence-corrected chi connectivity index (χ4v) is 3.46. The number of benzene rings is 2. The molecule has 150 valence electrons. The van der Waals surface area contributed by atoms with E-state index in [-0.39, 0.29) is 49.1 Å². The summed E-state index contributed by atoms with van der Waals surface area (Å²) in [7, 11) is 0. The van der Waals surface area contributed by atoms with Gasteiger partial charge in [-0.1, -0.05) is 31.2 Å². The van der Waals surface area contributed by atoms with E-state index in [1.807, 2.05) is 38.1 Å². The molecule has 0 bridgehead atoms. The molecule has 0 aromatic heterocycles. The summed E-state index contributed by atoms with van der Waals surface area (Å²) in [4.78, 5) is 38.8. The van der Waals surface area contributed by atoms with Crippen LogP contribution in [0.1, 0.15) is 47.4 Å². The van der Waals surface area contributed by atoms with E-state index in [0.29, 0.717) is 24.1 Å². The number of nitrogens with one attached hydrogen (secondary N) is 2. The molecule has 2 aromatic rings. The van der Waals surface area contributed by atoms with Crippen molar-refractivity contribution in [3.8, 4) is 0 Å². The highest BCUT2D eigenvalue weighted by Crippen LogP contribution is 2.29. The SMILES string of the molecule is CCN[C@H](C)CNC(=O)CCCN1C(=O)c2cccc3cccc(c23)C1=O.Cl. The fourth-order valence-electron chi connectivity index (χ4n) is 3.46. The smallest absolute Gasteiger partial charge is 0.261 e. The van der Waals surface area contributed by atoms with Crippen LogP contribution in [0, 0.1) is 0 Å². The third-order valence-electron chi connectivity index (χ3n) is 4.80. The Morgan fingerprint density at radius 1 is 1.07 bits per heavy atom. The van der Waals surface area contributed by atoms with Crippen molar-refractivity contribution in [1.29, 1.82) is 0 Å². The summed E-state index contributed by atoms with van der Waals surface area (Å²) in [6.45, 7) is 5.67. The minimum atomic E-state index is -0.287. The van der Waals surface area contributed by atoms with Crippen LogP contribution in [0.15, 0.2) is 36.4 Å². The fraction of sp³-hybridized carbons (Fsp3) is 0.381. The van der Waals surface area contributed by atoms with Gasteiger partial charge in [0.15, 0.2) is 0 Å². The number of hydrogen-bond donors (Lipinski definition) is 2. The molecular weight excluding hydrogens is 378 g/mol. The molecule has 7 heteroatoms. The maximum atomic E-state index is 12.8. The molecule has 0 spiro atoms. The maximum Gasteiger partial charge on any atom is 0.261 e. The lowest BCUT2D eigenvalue weighted by molar-refractivity contribution is -0.121. The van der Waals surface area contributed by atoms with Crippen LogP contribution in [0.25, 0.3) is 10.8 Å². The zero-order valence-corrected chi connectivity index (χ0v) is 17.0. The molecule has 0 fully saturated rings. The number of hydrogen-bond acceptors (Lipinski definition) is 4. The van der Waals surface area contributed by atoms with Crippen molar-refractivity contribution in [2.24, 2.45) is 0 Å². The molecule has 1 aliphatic rings. The van der Waals surface area contributed by atoms with E-state index >= 15 is 0 Å². The van der Waals surface area contributed by atoms with Gasteiger partial charge in [-0.25, -0.2) is 0 Å². The summed E-state index contributed by atoms with van der Waals surface area (Å²) in [5.74, 6) is -0.643. The Labute approximate surface area is 171 Å². The first-order valence-corrected chi connectivity index (χ1v) is 9.41. The quantitative estimate of drug-likeness (QED) is 0.664. The second kappa shape index (κ2) is 9.66. The summed E-state index contributed by atoms with van der Waals surface area (Å²) >= 11 is 0. The lowest BCUT2D eigenvalue weighted by Gasteiger charge is -2.27. The minimum Gasteiger partial charge on any atom is -0.355 e. The van der Waals surface area contributed by atoms with Crippen molar-refractivity contribution in [1.82, 2.24) is 15.5 Å². The number of nitrogens with zero attached hydrogens (tertiary/aromatic N) is 1. The van der Waals surface area contributed by atoms with E-state index in [1.54, 1.807) is 12.1 Å². The number of halogens is 1. The van der Waals surface area contributed by atoms with Gasteiger partial charge >= 0.3 is 0 Å². The van der Waals surface area contributed by atoms with Crippen LogP contribution in [0.4, 0.5) is 0 Å². The van der Waals surface area contributed by atoms with Gasteiger partial charge in [0.2, 0.25) is 5.91 Å². The minimum absolute atomic E-state index is 0. The van der Waals surface area contributed by atoms with E-state index in [0.717, 1.165) is 17.3 Å². The van der Waals surface area contributed by atoms with Gasteiger partial charge in [-0.2, -0.15) is 0 Å². The molecule has 0 saturated carbocycles. The summed E-state index contributed by atoms with van der Waals surface area (Å²) in [5, 5.41) is 7.71. The first kappa shape index (κ1) is 21.9. The molecule has 1 aliphatic heterocycles. The normalized spacial score (nSPS) is 14.0. The van der Waals surface area contributed by atoms with Crippen molar-refractivity contribution >= 4 is 40.9 Å². The van der Waals surface area contributed by atoms with E-state index in [2.05, 4.69) is 10.6 Å². The van der Waals surface area contributed by atoms with Crippen molar-refractivity contribution in [2.45, 2.75) is 32.7 Å². The number of carbonyl (C=O) groups excluding carboxylic acids is 3. The van der Waals surface area contributed by atoms with Gasteiger partial charge in [0.25, 0.3) is 11.8 Å². The third-order valence-corrected chi connectivity index (χ3v) is 4.80. The number of carbonyl (C=O) groups is 3. The summed E-state index contributed by atoms with van der Waals surface area (Å²) in [5.41, 5.74) is 1.10. The molecule has 1 heterocycles. The van der Waals surface area contributed by atoms with E-state index in [9.17, 15) is 14.4 Å². The Hall–Kier alpha value is -2.44. The first-order valence-electron chi connectivity index (χ1n) is 9.41. The van der Waals surface area contributed by atoms with Crippen molar-refractivity contribution in [3.63, 3.8) is 0 Å². The van der Waals surface area contributed by atoms with Gasteiger partial charge in [-0.15, -0.1) is 12.4 Å². The summed E-state index contributed by atoms with van der Waals surface area (Å²) in [6.07, 6.45) is 0.721. The predicted octanol–water partition coefficient (Wildman–Crippen LogP) is 2.75. The average Bonchev–Trinajstić information content (AvgIpc) is 2.67. The molecule has 2 aromatic carbocycles. The highest BCUT2D eigenvalue weighted by Gasteiger charge is 2.32. The molecule has 6 nitrogen and oxygen atoms in total. The van der Waals surface area contributed by atoms with Gasteiger partial charge < -0.3 is 10.6 Å². The zero-order valence-electron chi connectivity index (χ0n) is 16.2. The number of rotatable bonds is 8. The highest BCUT2D eigenvalue weighted by molar-refractivity contribution is 6.25. The largest absolute Gasteiger partial charge is 0.355 e. The monoisotopic (exact) mass is 403 g/mol. The molecule has 2 N–H and O–H groups in total. The second-order valence-corrected chi connectivity index (χ2v) is 6.84. The Kier molecular flexibility index (Phi) is 7.54. The van der Waals surface area contributed by atoms with E-state index in [4.69, 9.17) is 0 Å². The molecule has 28 heavy (non-hydrogen) atoms. The third kappa shape index (κ3) is 4.51. The van der Waals surface area contributed by atoms with Crippen molar-refractivity contribution in [3.05, 3.63) is 47.5 Å². The van der Waals surface area contributed by atoms with Crippen molar-refractivity contribution < 1.29 is 14.4 Å². The standard InChI is InChI=1S/C21H25N3O3.ClH/c1-3-22-14(2)13-23-18(25)11-6-12-24-20(26)16-9-4-7-15-8-5-10-17(19(15)16)21(24)27;/h4-5,7-10,14,22H,3,6,11-13H2,1-2H3,(H,23,25);1H/t14-;/m1./s1. The van der Waals surface area contributed by atoms with Crippen LogP contribution in [-0.2, 0) is 4.79 Å². The number of imide groups is 1.